The zero-order valence-corrected chi connectivity index (χ0v) is 21.4. The number of amides is 1. The van der Waals surface area contributed by atoms with Crippen LogP contribution in [0.3, 0.4) is 0 Å². The molecule has 2 aromatic carbocycles. The molecule has 1 amide bonds. The summed E-state index contributed by atoms with van der Waals surface area (Å²) >= 11 is 0. The highest BCUT2D eigenvalue weighted by atomic mass is 32.2. The molecular formula is C26H29N3O6S. The van der Waals surface area contributed by atoms with Crippen molar-refractivity contribution in [2.45, 2.75) is 31.0 Å². The van der Waals surface area contributed by atoms with Crippen molar-refractivity contribution in [3.63, 3.8) is 0 Å². The number of anilines is 1. The van der Waals surface area contributed by atoms with Crippen molar-refractivity contribution < 1.29 is 27.4 Å². The molecule has 190 valence electrons. The van der Waals surface area contributed by atoms with Gasteiger partial charge in [0.25, 0.3) is 15.9 Å². The Balaban J connectivity index is 1.49. The van der Waals surface area contributed by atoms with Gasteiger partial charge in [0.2, 0.25) is 5.88 Å². The van der Waals surface area contributed by atoms with Gasteiger partial charge in [-0.15, -0.1) is 0 Å². The van der Waals surface area contributed by atoms with Crippen LogP contribution in [0, 0.1) is 13.8 Å². The topological polar surface area (TPSA) is 107 Å². The number of rotatable bonds is 8. The summed E-state index contributed by atoms with van der Waals surface area (Å²) < 4.78 is 45.2. The molecule has 9 nitrogen and oxygen atoms in total. The highest BCUT2D eigenvalue weighted by Gasteiger charge is 2.38. The number of ether oxygens (including phenoxy) is 3. The molecule has 1 aliphatic rings. The number of carbonyl (C=O) groups excluding carboxylic acids is 1. The van der Waals surface area contributed by atoms with Crippen LogP contribution >= 0.6 is 0 Å². The van der Waals surface area contributed by atoms with Crippen LogP contribution in [0.2, 0.25) is 0 Å². The van der Waals surface area contributed by atoms with Gasteiger partial charge in [-0.3, -0.25) is 9.52 Å². The molecule has 4 rings (SSSR count). The first-order valence-electron chi connectivity index (χ1n) is 11.4. The standard InChI is InChI=1S/C26H29N3O6S/c1-17-9-10-18(2)20(13-17)26(30)29-15-22(34-4)23(16-29)35-25-14-19(11-12-27-25)28-36(31,32)24-8-6-5-7-21(24)33-3/h5-14,22-23H,15-16H2,1-4H3,(H,27,28). The Kier molecular flexibility index (Phi) is 7.46. The molecule has 0 saturated carbocycles. The fraction of sp³-hybridized carbons (Fsp3) is 0.308. The zero-order valence-electron chi connectivity index (χ0n) is 20.6. The molecule has 1 N–H and O–H groups in total. The first kappa shape index (κ1) is 25.5. The van der Waals surface area contributed by atoms with E-state index in [0.717, 1.165) is 11.1 Å². The van der Waals surface area contributed by atoms with E-state index in [0.29, 0.717) is 18.7 Å². The van der Waals surface area contributed by atoms with Crippen LogP contribution in [0.5, 0.6) is 11.6 Å². The van der Waals surface area contributed by atoms with Gasteiger partial charge in [-0.1, -0.05) is 29.8 Å². The number of methoxy groups -OCH3 is 2. The molecule has 1 fully saturated rings. The van der Waals surface area contributed by atoms with Crippen LogP contribution in [-0.4, -0.2) is 63.7 Å². The van der Waals surface area contributed by atoms with Crippen LogP contribution in [0.25, 0.3) is 0 Å². The second-order valence-electron chi connectivity index (χ2n) is 8.60. The molecule has 1 aromatic heterocycles. The van der Waals surface area contributed by atoms with E-state index in [-0.39, 0.29) is 34.2 Å². The van der Waals surface area contributed by atoms with E-state index in [1.54, 1.807) is 30.2 Å². The van der Waals surface area contributed by atoms with Crippen LogP contribution < -0.4 is 14.2 Å². The van der Waals surface area contributed by atoms with Crippen molar-refractivity contribution in [1.29, 1.82) is 0 Å². The minimum absolute atomic E-state index is 0.0163. The number of pyridine rings is 1. The van der Waals surface area contributed by atoms with Crippen molar-refractivity contribution >= 4 is 21.6 Å². The molecule has 0 bridgehead atoms. The number of aryl methyl sites for hydroxylation is 2. The molecule has 2 heterocycles. The predicted molar refractivity (Wildman–Crippen MR) is 135 cm³/mol. The van der Waals surface area contributed by atoms with Crippen LogP contribution in [0.1, 0.15) is 21.5 Å². The Morgan fingerprint density at radius 2 is 1.78 bits per heavy atom. The molecule has 2 unspecified atom stereocenters. The number of likely N-dealkylation sites (tertiary alicyclic amines) is 1. The fourth-order valence-electron chi connectivity index (χ4n) is 4.13. The Morgan fingerprint density at radius 3 is 2.53 bits per heavy atom. The number of carbonyl (C=O) groups is 1. The second-order valence-corrected chi connectivity index (χ2v) is 10.2. The van der Waals surface area contributed by atoms with Crippen molar-refractivity contribution in [3.8, 4) is 11.6 Å². The smallest absolute Gasteiger partial charge is 0.265 e. The maximum absolute atomic E-state index is 13.2. The second kappa shape index (κ2) is 10.5. The number of benzene rings is 2. The summed E-state index contributed by atoms with van der Waals surface area (Å²) in [6.07, 6.45) is 0.609. The van der Waals surface area contributed by atoms with E-state index < -0.39 is 16.1 Å². The summed E-state index contributed by atoms with van der Waals surface area (Å²) in [7, 11) is -0.931. The highest BCUT2D eigenvalue weighted by molar-refractivity contribution is 7.92. The van der Waals surface area contributed by atoms with Crippen molar-refractivity contribution in [1.82, 2.24) is 9.88 Å². The Morgan fingerprint density at radius 1 is 1.03 bits per heavy atom. The first-order chi connectivity index (χ1) is 17.2. The molecule has 0 spiro atoms. The summed E-state index contributed by atoms with van der Waals surface area (Å²) in [6, 6.07) is 15.2. The van der Waals surface area contributed by atoms with Gasteiger partial charge < -0.3 is 19.1 Å². The summed E-state index contributed by atoms with van der Waals surface area (Å²) in [4.78, 5) is 19.1. The van der Waals surface area contributed by atoms with Gasteiger partial charge in [-0.2, -0.15) is 0 Å². The lowest BCUT2D eigenvalue weighted by molar-refractivity contribution is 0.0320. The molecule has 36 heavy (non-hydrogen) atoms. The van der Waals surface area contributed by atoms with Gasteiger partial charge in [0.15, 0.2) is 0 Å². The van der Waals surface area contributed by atoms with E-state index in [9.17, 15) is 13.2 Å². The Labute approximate surface area is 211 Å². The Bertz CT molecular complexity index is 1360. The maximum Gasteiger partial charge on any atom is 0.265 e. The van der Waals surface area contributed by atoms with E-state index >= 15 is 0 Å². The third-order valence-electron chi connectivity index (χ3n) is 6.05. The van der Waals surface area contributed by atoms with E-state index in [4.69, 9.17) is 14.2 Å². The van der Waals surface area contributed by atoms with Gasteiger partial charge >= 0.3 is 0 Å². The normalized spacial score (nSPS) is 17.6. The van der Waals surface area contributed by atoms with Crippen LogP contribution in [0.15, 0.2) is 65.7 Å². The zero-order chi connectivity index (χ0) is 25.9. The monoisotopic (exact) mass is 511 g/mol. The maximum atomic E-state index is 13.2. The highest BCUT2D eigenvalue weighted by Crippen LogP contribution is 2.27. The number of sulfonamides is 1. The summed E-state index contributed by atoms with van der Waals surface area (Å²) in [5.41, 5.74) is 2.84. The fourth-order valence-corrected chi connectivity index (χ4v) is 5.35. The number of para-hydroxylation sites is 1. The molecule has 0 aliphatic carbocycles. The first-order valence-corrected chi connectivity index (χ1v) is 12.9. The molecule has 3 aromatic rings. The lowest BCUT2D eigenvalue weighted by atomic mass is 10.0. The quantitative estimate of drug-likeness (QED) is 0.494. The lowest BCUT2D eigenvalue weighted by Crippen LogP contribution is -2.32. The van der Waals surface area contributed by atoms with Gasteiger partial charge in [0.1, 0.15) is 22.9 Å². The summed E-state index contributed by atoms with van der Waals surface area (Å²) in [5, 5.41) is 0. The SMILES string of the molecule is COc1ccccc1S(=O)(=O)Nc1ccnc(OC2CN(C(=O)c3cc(C)ccc3C)CC2OC)c1. The number of nitrogens with zero attached hydrogens (tertiary/aromatic N) is 2. The minimum Gasteiger partial charge on any atom is -0.495 e. The van der Waals surface area contributed by atoms with Crippen molar-refractivity contribution in [2.24, 2.45) is 0 Å². The third kappa shape index (κ3) is 5.44. The third-order valence-corrected chi connectivity index (χ3v) is 7.47. The number of nitrogens with one attached hydrogen (secondary N) is 1. The van der Waals surface area contributed by atoms with E-state index in [2.05, 4.69) is 9.71 Å². The van der Waals surface area contributed by atoms with Crippen LogP contribution in [-0.2, 0) is 14.8 Å². The van der Waals surface area contributed by atoms with Gasteiger partial charge in [0.05, 0.1) is 25.9 Å². The molecule has 0 radical (unpaired) electrons. The largest absolute Gasteiger partial charge is 0.495 e. The van der Waals surface area contributed by atoms with Crippen LogP contribution in [0.4, 0.5) is 5.69 Å². The molecule has 1 saturated heterocycles. The summed E-state index contributed by atoms with van der Waals surface area (Å²) in [6.45, 7) is 4.54. The average Bonchev–Trinajstić information content (AvgIpc) is 3.27. The van der Waals surface area contributed by atoms with Crippen molar-refractivity contribution in [2.75, 3.05) is 32.0 Å². The predicted octanol–water partition coefficient (Wildman–Crippen LogP) is 3.43. The molecule has 1 aliphatic heterocycles. The van der Waals surface area contributed by atoms with E-state index in [1.165, 1.54) is 31.5 Å². The number of aromatic nitrogens is 1. The number of hydrogen-bond acceptors (Lipinski definition) is 7. The van der Waals surface area contributed by atoms with E-state index in [1.807, 2.05) is 32.0 Å². The van der Waals surface area contributed by atoms with Gasteiger partial charge in [-0.25, -0.2) is 13.4 Å². The molecule has 2 atom stereocenters. The number of hydrogen-bond donors (Lipinski definition) is 1. The Hall–Kier alpha value is -3.63. The molecular weight excluding hydrogens is 482 g/mol. The average molecular weight is 512 g/mol. The summed E-state index contributed by atoms with van der Waals surface area (Å²) in [5.74, 6) is 0.358. The van der Waals surface area contributed by atoms with Gasteiger partial charge in [-0.05, 0) is 43.7 Å². The minimum atomic E-state index is -3.91. The van der Waals surface area contributed by atoms with Crippen molar-refractivity contribution in [3.05, 3.63) is 77.5 Å². The molecule has 10 heteroatoms. The lowest BCUT2D eigenvalue weighted by Gasteiger charge is -2.19. The van der Waals surface area contributed by atoms with Gasteiger partial charge in [0, 0.05) is 24.9 Å².